The Kier molecular flexibility index (Phi) is 4.78. The lowest BCUT2D eigenvalue weighted by Crippen LogP contribution is -2.52. The highest BCUT2D eigenvalue weighted by Crippen LogP contribution is 2.43. The number of nitrogens with zero attached hydrogens (tertiary/aromatic N) is 1. The molecule has 0 saturated carbocycles. The number of amides is 1. The number of hydrogen-bond acceptors (Lipinski definition) is 5. The molecule has 0 spiro atoms. The Morgan fingerprint density at radius 1 is 1.57 bits per heavy atom. The Labute approximate surface area is 140 Å². The van der Waals surface area contributed by atoms with E-state index in [1.807, 2.05) is 22.4 Å². The van der Waals surface area contributed by atoms with Crippen LogP contribution in [0, 0.1) is 5.41 Å². The van der Waals surface area contributed by atoms with E-state index in [2.05, 4.69) is 4.72 Å². The van der Waals surface area contributed by atoms with Gasteiger partial charge in [0.05, 0.1) is 17.2 Å². The van der Waals surface area contributed by atoms with Gasteiger partial charge in [-0.25, -0.2) is 13.1 Å². The molecule has 1 amide bonds. The second-order valence-electron chi connectivity index (χ2n) is 6.38. The number of hydrogen-bond donors (Lipinski definition) is 1. The monoisotopic (exact) mass is 358 g/mol. The number of sulfonamides is 1. The van der Waals surface area contributed by atoms with Gasteiger partial charge in [0.1, 0.15) is 0 Å². The fourth-order valence-electron chi connectivity index (χ4n) is 3.62. The maximum atomic E-state index is 12.6. The molecule has 2 saturated heterocycles. The summed E-state index contributed by atoms with van der Waals surface area (Å²) in [5.74, 6) is 0.0702. The van der Waals surface area contributed by atoms with Crippen LogP contribution >= 0.6 is 11.3 Å². The molecule has 8 heteroatoms. The van der Waals surface area contributed by atoms with Crippen molar-refractivity contribution in [2.75, 3.05) is 32.5 Å². The first-order valence-electron chi connectivity index (χ1n) is 7.79. The van der Waals surface area contributed by atoms with Crippen molar-refractivity contribution in [1.82, 2.24) is 9.62 Å². The molecule has 2 aliphatic heterocycles. The zero-order valence-electron chi connectivity index (χ0n) is 13.2. The molecule has 0 radical (unpaired) electrons. The molecule has 2 fully saturated rings. The van der Waals surface area contributed by atoms with Crippen LogP contribution in [0.3, 0.4) is 0 Å². The van der Waals surface area contributed by atoms with Crippen molar-refractivity contribution in [2.45, 2.75) is 25.4 Å². The minimum atomic E-state index is -3.19. The predicted molar refractivity (Wildman–Crippen MR) is 89.1 cm³/mol. The van der Waals surface area contributed by atoms with E-state index in [1.165, 1.54) is 17.6 Å². The highest BCUT2D eigenvalue weighted by Gasteiger charge is 2.48. The summed E-state index contributed by atoms with van der Waals surface area (Å²) >= 11 is 1.46. The van der Waals surface area contributed by atoms with E-state index in [0.29, 0.717) is 32.7 Å². The van der Waals surface area contributed by atoms with Crippen LogP contribution in [0.5, 0.6) is 0 Å². The second kappa shape index (κ2) is 6.51. The van der Waals surface area contributed by atoms with Gasteiger partial charge in [0.2, 0.25) is 10.0 Å². The smallest absolute Gasteiger partial charge is 0.263 e. The quantitative estimate of drug-likeness (QED) is 0.861. The average molecular weight is 358 g/mol. The largest absolute Gasteiger partial charge is 0.377 e. The lowest BCUT2D eigenvalue weighted by Gasteiger charge is -2.43. The zero-order valence-corrected chi connectivity index (χ0v) is 14.8. The lowest BCUT2D eigenvalue weighted by atomic mass is 9.74. The standard InChI is InChI=1S/C15H22N2O4S2/c1-23(19,20)16-7-5-15-6-9-21-13(15)4-8-17(11-15)14(18)12-3-2-10-22-12/h2-3,10,13,16H,4-9,11H2,1H3/t13-,15+/m0/s1. The highest BCUT2D eigenvalue weighted by molar-refractivity contribution is 7.88. The third-order valence-electron chi connectivity index (χ3n) is 4.78. The molecule has 2 atom stereocenters. The Morgan fingerprint density at radius 2 is 2.39 bits per heavy atom. The molecule has 0 aromatic carbocycles. The molecule has 6 nitrogen and oxygen atoms in total. The van der Waals surface area contributed by atoms with Crippen molar-refractivity contribution in [1.29, 1.82) is 0 Å². The molecule has 0 unspecified atom stereocenters. The third kappa shape index (κ3) is 3.76. The second-order valence-corrected chi connectivity index (χ2v) is 9.16. The van der Waals surface area contributed by atoms with Crippen molar-refractivity contribution in [3.63, 3.8) is 0 Å². The van der Waals surface area contributed by atoms with Crippen molar-refractivity contribution >= 4 is 27.3 Å². The molecule has 0 bridgehead atoms. The van der Waals surface area contributed by atoms with Crippen LogP contribution in [0.2, 0.25) is 0 Å². The minimum Gasteiger partial charge on any atom is -0.377 e. The Morgan fingerprint density at radius 3 is 3.09 bits per heavy atom. The number of carbonyl (C=O) groups is 1. The molecule has 0 aliphatic carbocycles. The van der Waals surface area contributed by atoms with Crippen LogP contribution < -0.4 is 4.72 Å². The molecular formula is C15H22N2O4S2. The molecule has 1 N–H and O–H groups in total. The number of likely N-dealkylation sites (tertiary alicyclic amines) is 1. The van der Waals surface area contributed by atoms with E-state index in [-0.39, 0.29) is 17.4 Å². The number of rotatable bonds is 5. The van der Waals surface area contributed by atoms with Crippen molar-refractivity contribution in [3.05, 3.63) is 22.4 Å². The van der Waals surface area contributed by atoms with E-state index in [9.17, 15) is 13.2 Å². The van der Waals surface area contributed by atoms with Crippen molar-refractivity contribution in [3.8, 4) is 0 Å². The molecular weight excluding hydrogens is 336 g/mol. The maximum absolute atomic E-state index is 12.6. The van der Waals surface area contributed by atoms with E-state index in [4.69, 9.17) is 4.74 Å². The number of ether oxygens (including phenoxy) is 1. The van der Waals surface area contributed by atoms with E-state index >= 15 is 0 Å². The van der Waals surface area contributed by atoms with Gasteiger partial charge < -0.3 is 9.64 Å². The maximum Gasteiger partial charge on any atom is 0.263 e. The summed E-state index contributed by atoms with van der Waals surface area (Å²) in [5, 5.41) is 1.91. The van der Waals surface area contributed by atoms with Crippen LogP contribution in [0.25, 0.3) is 0 Å². The number of thiophene rings is 1. The van der Waals surface area contributed by atoms with Gasteiger partial charge in [-0.1, -0.05) is 6.07 Å². The van der Waals surface area contributed by atoms with Gasteiger partial charge >= 0.3 is 0 Å². The molecule has 128 valence electrons. The third-order valence-corrected chi connectivity index (χ3v) is 6.36. The van der Waals surface area contributed by atoms with E-state index in [0.717, 1.165) is 17.7 Å². The first-order chi connectivity index (χ1) is 10.9. The molecule has 1 aromatic rings. The summed E-state index contributed by atoms with van der Waals surface area (Å²) in [6, 6.07) is 3.73. The van der Waals surface area contributed by atoms with Crippen LogP contribution in [0.1, 0.15) is 28.9 Å². The summed E-state index contributed by atoms with van der Waals surface area (Å²) in [6.07, 6.45) is 3.67. The predicted octanol–water partition coefficient (Wildman–Crippen LogP) is 1.31. The fourth-order valence-corrected chi connectivity index (χ4v) is 4.79. The number of nitrogens with one attached hydrogen (secondary N) is 1. The lowest BCUT2D eigenvalue weighted by molar-refractivity contribution is -0.0156. The summed E-state index contributed by atoms with van der Waals surface area (Å²) in [7, 11) is -3.19. The SMILES string of the molecule is CS(=O)(=O)NCC[C@]12CCO[C@H]1CCN(C(=O)c1cccs1)C2. The van der Waals surface area contributed by atoms with Crippen LogP contribution in [-0.4, -0.2) is 57.8 Å². The van der Waals surface area contributed by atoms with Gasteiger partial charge in [0.15, 0.2) is 0 Å². The number of carbonyl (C=O) groups excluding carboxylic acids is 1. The molecule has 23 heavy (non-hydrogen) atoms. The topological polar surface area (TPSA) is 75.7 Å². The van der Waals surface area contributed by atoms with Gasteiger partial charge in [-0.15, -0.1) is 11.3 Å². The van der Waals surface area contributed by atoms with Gasteiger partial charge in [0, 0.05) is 31.7 Å². The van der Waals surface area contributed by atoms with E-state index in [1.54, 1.807) is 0 Å². The highest BCUT2D eigenvalue weighted by atomic mass is 32.2. The van der Waals surface area contributed by atoms with Crippen LogP contribution in [-0.2, 0) is 14.8 Å². The van der Waals surface area contributed by atoms with Crippen molar-refractivity contribution in [2.24, 2.45) is 5.41 Å². The van der Waals surface area contributed by atoms with Crippen molar-refractivity contribution < 1.29 is 17.9 Å². The summed E-state index contributed by atoms with van der Waals surface area (Å²) in [5.41, 5.74) is -0.136. The Bertz CT molecular complexity index is 659. The number of fused-ring (bicyclic) bond motifs is 1. The molecule has 3 rings (SSSR count). The van der Waals surface area contributed by atoms with Crippen LogP contribution in [0.15, 0.2) is 17.5 Å². The van der Waals surface area contributed by atoms with Gasteiger partial charge in [-0.3, -0.25) is 4.79 Å². The summed E-state index contributed by atoms with van der Waals surface area (Å²) in [6.45, 7) is 2.41. The molecule has 1 aromatic heterocycles. The number of piperidine rings is 1. The van der Waals surface area contributed by atoms with Gasteiger partial charge in [-0.2, -0.15) is 0 Å². The summed E-state index contributed by atoms with van der Waals surface area (Å²) in [4.78, 5) is 15.3. The molecule has 2 aliphatic rings. The zero-order chi connectivity index (χ0) is 16.5. The molecule has 3 heterocycles. The average Bonchev–Trinajstić information content (AvgIpc) is 3.14. The van der Waals surface area contributed by atoms with E-state index < -0.39 is 10.0 Å². The minimum absolute atomic E-state index is 0.0702. The Balaban J connectivity index is 1.70. The normalized spacial score (nSPS) is 27.9. The summed E-state index contributed by atoms with van der Waals surface area (Å²) < 4.78 is 31.0. The van der Waals surface area contributed by atoms with Gasteiger partial charge in [0.25, 0.3) is 5.91 Å². The first-order valence-corrected chi connectivity index (χ1v) is 10.6. The fraction of sp³-hybridized carbons (Fsp3) is 0.667. The van der Waals surface area contributed by atoms with Crippen LogP contribution in [0.4, 0.5) is 0 Å². The first kappa shape index (κ1) is 16.9. The Hall–Kier alpha value is -0.960. The van der Waals surface area contributed by atoms with Gasteiger partial charge in [-0.05, 0) is 30.7 Å².